The molecule has 0 saturated carbocycles. The Morgan fingerprint density at radius 1 is 0.500 bits per heavy atom. The first-order chi connectivity index (χ1) is 10.9. The van der Waals surface area contributed by atoms with Gasteiger partial charge in [-0.3, -0.25) is 0 Å². The van der Waals surface area contributed by atoms with E-state index in [0.717, 1.165) is 22.3 Å². The minimum atomic E-state index is 0.512. The van der Waals surface area contributed by atoms with E-state index in [1.165, 1.54) is 12.8 Å². The molecular formula is C16H10N4O2. The maximum Gasteiger partial charge on any atom is 0.247 e. The van der Waals surface area contributed by atoms with Crippen molar-refractivity contribution in [3.05, 3.63) is 61.3 Å². The van der Waals surface area contributed by atoms with Gasteiger partial charge in [0.2, 0.25) is 24.6 Å². The predicted molar refractivity (Wildman–Crippen MR) is 78.5 cm³/mol. The standard InChI is InChI=1S/C16H10N4O2/c1-5-13(15-19-17-9-21-15)6-2-11(1)12-3-7-14(8-4-12)16-20-18-10-22-16/h1-10H. The molecule has 22 heavy (non-hydrogen) atoms. The Kier molecular flexibility index (Phi) is 2.97. The molecule has 6 heteroatoms. The van der Waals surface area contributed by atoms with Gasteiger partial charge in [0.25, 0.3) is 0 Å². The second-order valence-corrected chi connectivity index (χ2v) is 4.64. The van der Waals surface area contributed by atoms with Crippen molar-refractivity contribution in [2.75, 3.05) is 0 Å². The molecular weight excluding hydrogens is 280 g/mol. The van der Waals surface area contributed by atoms with E-state index in [0.29, 0.717) is 11.8 Å². The SMILES string of the molecule is c1nnc(-c2ccc(-c3ccc(-c4nnco4)cc3)cc2)o1. The van der Waals surface area contributed by atoms with Crippen LogP contribution in [-0.2, 0) is 0 Å². The lowest BCUT2D eigenvalue weighted by Gasteiger charge is -2.03. The molecule has 106 valence electrons. The molecule has 2 aromatic heterocycles. The third-order valence-electron chi connectivity index (χ3n) is 3.32. The molecule has 0 N–H and O–H groups in total. The largest absolute Gasteiger partial charge is 0.423 e. The lowest BCUT2D eigenvalue weighted by atomic mass is 10.0. The van der Waals surface area contributed by atoms with E-state index in [9.17, 15) is 0 Å². The molecule has 0 aliphatic rings. The second kappa shape index (κ2) is 5.25. The predicted octanol–water partition coefficient (Wildman–Crippen LogP) is 3.45. The highest BCUT2D eigenvalue weighted by molar-refractivity contribution is 5.69. The number of rotatable bonds is 3. The van der Waals surface area contributed by atoms with Crippen molar-refractivity contribution in [2.45, 2.75) is 0 Å². The van der Waals surface area contributed by atoms with Crippen molar-refractivity contribution >= 4 is 0 Å². The summed E-state index contributed by atoms with van der Waals surface area (Å²) in [7, 11) is 0. The van der Waals surface area contributed by atoms with Crippen molar-refractivity contribution in [3.8, 4) is 34.0 Å². The van der Waals surface area contributed by atoms with Crippen LogP contribution in [0.3, 0.4) is 0 Å². The van der Waals surface area contributed by atoms with Crippen LogP contribution in [0.1, 0.15) is 0 Å². The zero-order valence-electron chi connectivity index (χ0n) is 11.4. The van der Waals surface area contributed by atoms with Crippen LogP contribution in [0.4, 0.5) is 0 Å². The Balaban J connectivity index is 1.62. The van der Waals surface area contributed by atoms with Crippen LogP contribution in [0.5, 0.6) is 0 Å². The monoisotopic (exact) mass is 290 g/mol. The molecule has 0 atom stereocenters. The third kappa shape index (κ3) is 2.26. The summed E-state index contributed by atoms with van der Waals surface area (Å²) < 4.78 is 10.4. The van der Waals surface area contributed by atoms with Crippen molar-refractivity contribution in [1.82, 2.24) is 20.4 Å². The van der Waals surface area contributed by atoms with Crippen LogP contribution in [0.15, 0.2) is 70.2 Å². The molecule has 6 nitrogen and oxygen atoms in total. The van der Waals surface area contributed by atoms with Gasteiger partial charge in [0.05, 0.1) is 0 Å². The number of hydrogen-bond donors (Lipinski definition) is 0. The summed E-state index contributed by atoms with van der Waals surface area (Å²) in [5.74, 6) is 1.02. The summed E-state index contributed by atoms with van der Waals surface area (Å²) in [6, 6.07) is 15.9. The maximum absolute atomic E-state index is 5.18. The Morgan fingerprint density at radius 3 is 1.18 bits per heavy atom. The average Bonchev–Trinajstić information content (AvgIpc) is 3.29. The second-order valence-electron chi connectivity index (χ2n) is 4.64. The van der Waals surface area contributed by atoms with Crippen LogP contribution >= 0.6 is 0 Å². The fourth-order valence-electron chi connectivity index (χ4n) is 2.21. The number of aromatic nitrogens is 4. The highest BCUT2D eigenvalue weighted by atomic mass is 16.4. The number of benzene rings is 2. The van der Waals surface area contributed by atoms with Crippen molar-refractivity contribution < 1.29 is 8.83 Å². The molecule has 2 heterocycles. The molecule has 4 rings (SSSR count). The molecule has 0 saturated heterocycles. The number of hydrogen-bond acceptors (Lipinski definition) is 6. The normalized spacial score (nSPS) is 10.7. The molecule has 0 aliphatic carbocycles. The van der Waals surface area contributed by atoms with E-state index in [-0.39, 0.29) is 0 Å². The first-order valence-corrected chi connectivity index (χ1v) is 6.64. The molecule has 4 aromatic rings. The molecule has 0 spiro atoms. The Morgan fingerprint density at radius 2 is 0.864 bits per heavy atom. The highest BCUT2D eigenvalue weighted by Gasteiger charge is 2.06. The molecule has 0 aliphatic heterocycles. The van der Waals surface area contributed by atoms with Gasteiger partial charge in [-0.2, -0.15) is 0 Å². The topological polar surface area (TPSA) is 77.8 Å². The van der Waals surface area contributed by atoms with Crippen molar-refractivity contribution in [2.24, 2.45) is 0 Å². The van der Waals surface area contributed by atoms with E-state index in [1.807, 2.05) is 48.5 Å². The van der Waals surface area contributed by atoms with Gasteiger partial charge in [-0.25, -0.2) is 0 Å². The van der Waals surface area contributed by atoms with E-state index in [4.69, 9.17) is 8.83 Å². The molecule has 0 bridgehead atoms. The van der Waals surface area contributed by atoms with Gasteiger partial charge < -0.3 is 8.83 Å². The molecule has 0 fully saturated rings. The Labute approximate surface area is 125 Å². The van der Waals surface area contributed by atoms with Gasteiger partial charge in [-0.15, -0.1) is 20.4 Å². The van der Waals surface area contributed by atoms with Crippen LogP contribution < -0.4 is 0 Å². The molecule has 2 aromatic carbocycles. The minimum absolute atomic E-state index is 0.512. The summed E-state index contributed by atoms with van der Waals surface area (Å²) in [5.41, 5.74) is 3.98. The van der Waals surface area contributed by atoms with E-state index < -0.39 is 0 Å². The highest BCUT2D eigenvalue weighted by Crippen LogP contribution is 2.26. The van der Waals surface area contributed by atoms with Crippen molar-refractivity contribution in [3.63, 3.8) is 0 Å². The summed E-state index contributed by atoms with van der Waals surface area (Å²) in [5, 5.41) is 15.1. The van der Waals surface area contributed by atoms with Gasteiger partial charge in [-0.05, 0) is 35.4 Å². The van der Waals surface area contributed by atoms with E-state index in [2.05, 4.69) is 20.4 Å². The first-order valence-electron chi connectivity index (χ1n) is 6.64. The summed E-state index contributed by atoms with van der Waals surface area (Å²) >= 11 is 0. The summed E-state index contributed by atoms with van der Waals surface area (Å²) in [6.45, 7) is 0. The lowest BCUT2D eigenvalue weighted by molar-refractivity contribution is 0.568. The quantitative estimate of drug-likeness (QED) is 0.575. The average molecular weight is 290 g/mol. The van der Waals surface area contributed by atoms with E-state index in [1.54, 1.807) is 0 Å². The van der Waals surface area contributed by atoms with E-state index >= 15 is 0 Å². The van der Waals surface area contributed by atoms with Gasteiger partial charge in [-0.1, -0.05) is 24.3 Å². The maximum atomic E-state index is 5.18. The molecule has 0 amide bonds. The fraction of sp³-hybridized carbons (Fsp3) is 0. The van der Waals surface area contributed by atoms with Gasteiger partial charge in [0.15, 0.2) is 0 Å². The van der Waals surface area contributed by atoms with Gasteiger partial charge in [0, 0.05) is 11.1 Å². The Hall–Kier alpha value is -3.28. The van der Waals surface area contributed by atoms with Crippen LogP contribution in [0, 0.1) is 0 Å². The molecule has 0 unspecified atom stereocenters. The lowest BCUT2D eigenvalue weighted by Crippen LogP contribution is -1.82. The minimum Gasteiger partial charge on any atom is -0.423 e. The van der Waals surface area contributed by atoms with Gasteiger partial charge in [0.1, 0.15) is 0 Å². The summed E-state index contributed by atoms with van der Waals surface area (Å²) in [6.07, 6.45) is 2.64. The zero-order valence-corrected chi connectivity index (χ0v) is 11.4. The van der Waals surface area contributed by atoms with Crippen LogP contribution in [-0.4, -0.2) is 20.4 Å². The van der Waals surface area contributed by atoms with Crippen LogP contribution in [0.2, 0.25) is 0 Å². The first kappa shape index (κ1) is 12.5. The smallest absolute Gasteiger partial charge is 0.247 e. The third-order valence-corrected chi connectivity index (χ3v) is 3.32. The Bertz CT molecular complexity index is 776. The number of nitrogens with zero attached hydrogens (tertiary/aromatic N) is 4. The summed E-state index contributed by atoms with van der Waals surface area (Å²) in [4.78, 5) is 0. The molecule has 0 radical (unpaired) electrons. The van der Waals surface area contributed by atoms with Gasteiger partial charge >= 0.3 is 0 Å². The van der Waals surface area contributed by atoms with Crippen molar-refractivity contribution in [1.29, 1.82) is 0 Å². The fourth-order valence-corrected chi connectivity index (χ4v) is 2.21. The van der Waals surface area contributed by atoms with Crippen LogP contribution in [0.25, 0.3) is 34.0 Å². The zero-order chi connectivity index (χ0) is 14.8.